The first-order chi connectivity index (χ1) is 14.7. The highest BCUT2D eigenvalue weighted by Gasteiger charge is 2.19. The molecule has 0 aromatic heterocycles. The summed E-state index contributed by atoms with van der Waals surface area (Å²) in [5.74, 6) is -0.215. The van der Waals surface area contributed by atoms with Gasteiger partial charge in [0.15, 0.2) is 6.10 Å². The zero-order chi connectivity index (χ0) is 23.0. The second-order valence-corrected chi connectivity index (χ2v) is 7.77. The molecule has 2 rings (SSSR count). The van der Waals surface area contributed by atoms with Gasteiger partial charge in [-0.2, -0.15) is 0 Å². The summed E-state index contributed by atoms with van der Waals surface area (Å²) in [6.45, 7) is 9.42. The fourth-order valence-corrected chi connectivity index (χ4v) is 2.74. The quantitative estimate of drug-likeness (QED) is 0.557. The van der Waals surface area contributed by atoms with E-state index in [1.165, 1.54) is 0 Å². The van der Waals surface area contributed by atoms with Crippen molar-refractivity contribution < 1.29 is 19.1 Å². The molecule has 0 aliphatic rings. The maximum absolute atomic E-state index is 12.4. The van der Waals surface area contributed by atoms with E-state index >= 15 is 0 Å². The molecule has 2 unspecified atom stereocenters. The van der Waals surface area contributed by atoms with Gasteiger partial charge in [-0.1, -0.05) is 45.9 Å². The van der Waals surface area contributed by atoms with E-state index in [0.717, 1.165) is 12.0 Å². The van der Waals surface area contributed by atoms with E-state index in [-0.39, 0.29) is 11.8 Å². The van der Waals surface area contributed by atoms with Crippen LogP contribution in [0.3, 0.4) is 0 Å². The average Bonchev–Trinajstić information content (AvgIpc) is 2.77. The van der Waals surface area contributed by atoms with E-state index in [2.05, 4.69) is 30.0 Å². The minimum absolute atomic E-state index is 0.103. The van der Waals surface area contributed by atoms with Crippen molar-refractivity contribution in [1.82, 2.24) is 10.9 Å². The van der Waals surface area contributed by atoms with Gasteiger partial charge in [-0.25, -0.2) is 0 Å². The Morgan fingerprint density at radius 2 is 1.52 bits per heavy atom. The van der Waals surface area contributed by atoms with Crippen molar-refractivity contribution >= 4 is 23.4 Å². The van der Waals surface area contributed by atoms with Crippen molar-refractivity contribution in [2.45, 2.75) is 53.1 Å². The van der Waals surface area contributed by atoms with Crippen LogP contribution in [0.5, 0.6) is 5.75 Å². The highest BCUT2D eigenvalue weighted by molar-refractivity contribution is 5.97. The molecule has 2 aromatic carbocycles. The Balaban J connectivity index is 1.90. The molecule has 7 heteroatoms. The van der Waals surface area contributed by atoms with E-state index in [4.69, 9.17) is 4.74 Å². The molecular formula is C24H31N3O4. The molecule has 0 aliphatic heterocycles. The second kappa shape index (κ2) is 11.2. The molecule has 0 fully saturated rings. The summed E-state index contributed by atoms with van der Waals surface area (Å²) in [4.78, 5) is 36.4. The third-order valence-corrected chi connectivity index (χ3v) is 4.97. The minimum atomic E-state index is -0.792. The van der Waals surface area contributed by atoms with Gasteiger partial charge < -0.3 is 10.1 Å². The van der Waals surface area contributed by atoms with Gasteiger partial charge in [-0.05, 0) is 55.2 Å². The van der Waals surface area contributed by atoms with Crippen molar-refractivity contribution in [2.75, 3.05) is 5.32 Å². The van der Waals surface area contributed by atoms with E-state index in [0.29, 0.717) is 22.9 Å². The lowest BCUT2D eigenvalue weighted by Crippen LogP contribution is -2.47. The summed E-state index contributed by atoms with van der Waals surface area (Å²) >= 11 is 0. The lowest BCUT2D eigenvalue weighted by atomic mass is 9.98. The first-order valence-electron chi connectivity index (χ1n) is 10.5. The number of nitrogens with one attached hydrogen (secondary N) is 3. The van der Waals surface area contributed by atoms with Crippen molar-refractivity contribution in [2.24, 2.45) is 5.92 Å². The zero-order valence-electron chi connectivity index (χ0n) is 18.7. The standard InChI is InChI=1S/C24H31N3O4/c1-6-16(4)20-9-7-8-10-21(20)31-17(5)23(29)26-27-24(30)18-11-13-19(14-12-18)25-22(28)15(2)3/h7-17H,6H2,1-5H3,(H,25,28)(H,26,29)(H,27,30). The molecule has 0 saturated heterocycles. The zero-order valence-corrected chi connectivity index (χ0v) is 18.7. The fourth-order valence-electron chi connectivity index (χ4n) is 2.74. The van der Waals surface area contributed by atoms with Gasteiger partial charge in [0.05, 0.1) is 0 Å². The molecule has 0 spiro atoms. The maximum atomic E-state index is 12.4. The third kappa shape index (κ3) is 6.84. The van der Waals surface area contributed by atoms with Crippen molar-refractivity contribution in [3.63, 3.8) is 0 Å². The summed E-state index contributed by atoms with van der Waals surface area (Å²) in [5, 5.41) is 2.76. The number of rotatable bonds is 8. The molecule has 0 aliphatic carbocycles. The van der Waals surface area contributed by atoms with Crippen LogP contribution in [0.25, 0.3) is 0 Å². The molecule has 31 heavy (non-hydrogen) atoms. The van der Waals surface area contributed by atoms with Crippen LogP contribution in [0, 0.1) is 5.92 Å². The maximum Gasteiger partial charge on any atom is 0.279 e. The third-order valence-electron chi connectivity index (χ3n) is 4.97. The Hall–Kier alpha value is -3.35. The summed E-state index contributed by atoms with van der Waals surface area (Å²) in [6.07, 6.45) is 0.163. The lowest BCUT2D eigenvalue weighted by molar-refractivity contribution is -0.128. The second-order valence-electron chi connectivity index (χ2n) is 7.77. The van der Waals surface area contributed by atoms with Crippen LogP contribution in [0.1, 0.15) is 62.9 Å². The van der Waals surface area contributed by atoms with Crippen LogP contribution in [-0.2, 0) is 9.59 Å². The molecule has 2 aromatic rings. The van der Waals surface area contributed by atoms with E-state index in [1.807, 2.05) is 24.3 Å². The summed E-state index contributed by atoms with van der Waals surface area (Å²) in [6, 6.07) is 14.0. The average molecular weight is 426 g/mol. The molecule has 0 heterocycles. The van der Waals surface area contributed by atoms with Gasteiger partial charge in [0.25, 0.3) is 11.8 Å². The van der Waals surface area contributed by atoms with E-state index in [1.54, 1.807) is 45.0 Å². The SMILES string of the molecule is CCC(C)c1ccccc1OC(C)C(=O)NNC(=O)c1ccc(NC(=O)C(C)C)cc1. The molecule has 0 saturated carbocycles. The number of hydrogen-bond donors (Lipinski definition) is 3. The van der Waals surface area contributed by atoms with Crippen LogP contribution in [0.4, 0.5) is 5.69 Å². The Morgan fingerprint density at radius 1 is 0.871 bits per heavy atom. The molecule has 0 radical (unpaired) electrons. The predicted octanol–water partition coefficient (Wildman–Crippen LogP) is 4.02. The first kappa shape index (κ1) is 23.9. The summed E-state index contributed by atoms with van der Waals surface area (Å²) < 4.78 is 5.84. The Morgan fingerprint density at radius 3 is 2.13 bits per heavy atom. The fraction of sp³-hybridized carbons (Fsp3) is 0.375. The molecule has 7 nitrogen and oxygen atoms in total. The molecule has 2 atom stereocenters. The normalized spacial score (nSPS) is 12.6. The van der Waals surface area contributed by atoms with Gasteiger partial charge in [0.2, 0.25) is 5.91 Å². The summed E-state index contributed by atoms with van der Waals surface area (Å²) in [7, 11) is 0. The highest BCUT2D eigenvalue weighted by Crippen LogP contribution is 2.29. The number of amides is 3. The number of carbonyl (C=O) groups is 3. The number of benzene rings is 2. The highest BCUT2D eigenvalue weighted by atomic mass is 16.5. The van der Waals surface area contributed by atoms with Gasteiger partial charge in [0.1, 0.15) is 5.75 Å². The Kier molecular flexibility index (Phi) is 8.61. The minimum Gasteiger partial charge on any atom is -0.481 e. The number of hydrazine groups is 1. The Labute approximate surface area is 183 Å². The van der Waals surface area contributed by atoms with Crippen LogP contribution >= 0.6 is 0 Å². The van der Waals surface area contributed by atoms with Crippen LogP contribution in [-0.4, -0.2) is 23.8 Å². The van der Waals surface area contributed by atoms with Gasteiger partial charge >= 0.3 is 0 Å². The number of ether oxygens (including phenoxy) is 1. The molecular weight excluding hydrogens is 394 g/mol. The van der Waals surface area contributed by atoms with Crippen molar-refractivity contribution in [3.8, 4) is 5.75 Å². The smallest absolute Gasteiger partial charge is 0.279 e. The monoisotopic (exact) mass is 425 g/mol. The number of hydrogen-bond acceptors (Lipinski definition) is 4. The molecule has 3 amide bonds. The molecule has 3 N–H and O–H groups in total. The predicted molar refractivity (Wildman–Crippen MR) is 121 cm³/mol. The van der Waals surface area contributed by atoms with Crippen LogP contribution in [0.15, 0.2) is 48.5 Å². The van der Waals surface area contributed by atoms with Crippen molar-refractivity contribution in [3.05, 3.63) is 59.7 Å². The van der Waals surface area contributed by atoms with E-state index in [9.17, 15) is 14.4 Å². The topological polar surface area (TPSA) is 96.5 Å². The number of carbonyl (C=O) groups excluding carboxylic acids is 3. The molecule has 166 valence electrons. The van der Waals surface area contributed by atoms with Gasteiger partial charge in [-0.15, -0.1) is 0 Å². The Bertz CT molecular complexity index is 909. The van der Waals surface area contributed by atoms with E-state index < -0.39 is 17.9 Å². The largest absolute Gasteiger partial charge is 0.481 e. The molecule has 0 bridgehead atoms. The van der Waals surface area contributed by atoms with Crippen LogP contribution in [0.2, 0.25) is 0 Å². The first-order valence-corrected chi connectivity index (χ1v) is 10.5. The number of para-hydroxylation sites is 1. The lowest BCUT2D eigenvalue weighted by Gasteiger charge is -2.19. The van der Waals surface area contributed by atoms with Gasteiger partial charge in [0, 0.05) is 17.2 Å². The van der Waals surface area contributed by atoms with Gasteiger partial charge in [-0.3, -0.25) is 25.2 Å². The summed E-state index contributed by atoms with van der Waals surface area (Å²) in [5.41, 5.74) is 6.76. The number of anilines is 1. The van der Waals surface area contributed by atoms with Crippen molar-refractivity contribution in [1.29, 1.82) is 0 Å². The van der Waals surface area contributed by atoms with Crippen LogP contribution < -0.4 is 20.9 Å².